The summed E-state index contributed by atoms with van der Waals surface area (Å²) in [5.74, 6) is -2.16. The van der Waals surface area contributed by atoms with Crippen molar-refractivity contribution in [2.45, 2.75) is 12.1 Å². The SMILES string of the molecule is N#CC1C(SCC(N)=O)=N[C@@H]([NH3+])[C@H](C#N)[C@H]1c1ccccc1Cl. The second-order valence-electron chi connectivity index (χ2n) is 5.10. The number of nitrogens with two attached hydrogens (primary N) is 1. The van der Waals surface area contributed by atoms with Gasteiger partial charge < -0.3 is 11.5 Å². The molecule has 0 fully saturated rings. The number of primary amides is 1. The van der Waals surface area contributed by atoms with E-state index in [0.29, 0.717) is 15.6 Å². The van der Waals surface area contributed by atoms with Crippen molar-refractivity contribution in [1.82, 2.24) is 0 Å². The van der Waals surface area contributed by atoms with E-state index in [1.165, 1.54) is 0 Å². The molecular formula is C15H15ClN5OS+. The minimum Gasteiger partial charge on any atom is -0.369 e. The van der Waals surface area contributed by atoms with E-state index in [1.54, 1.807) is 18.2 Å². The van der Waals surface area contributed by atoms with E-state index in [4.69, 9.17) is 17.3 Å². The summed E-state index contributed by atoms with van der Waals surface area (Å²) in [5.41, 5.74) is 9.79. The summed E-state index contributed by atoms with van der Waals surface area (Å²) in [4.78, 5) is 15.4. The fourth-order valence-electron chi connectivity index (χ4n) is 2.62. The van der Waals surface area contributed by atoms with Crippen molar-refractivity contribution in [2.75, 3.05) is 5.75 Å². The number of nitriles is 2. The molecular weight excluding hydrogens is 334 g/mol. The number of nitrogens with zero attached hydrogens (tertiary/aromatic N) is 3. The van der Waals surface area contributed by atoms with Crippen molar-refractivity contribution < 1.29 is 10.5 Å². The molecule has 8 heteroatoms. The molecule has 0 aromatic heterocycles. The average Bonchev–Trinajstić information content (AvgIpc) is 2.52. The predicted octanol–water partition coefficient (Wildman–Crippen LogP) is 0.902. The van der Waals surface area contributed by atoms with Gasteiger partial charge >= 0.3 is 0 Å². The molecule has 0 aliphatic carbocycles. The molecule has 4 atom stereocenters. The number of hydrogen-bond donors (Lipinski definition) is 2. The van der Waals surface area contributed by atoms with Crippen LogP contribution in [0.4, 0.5) is 0 Å². The molecule has 1 heterocycles. The first-order valence-electron chi connectivity index (χ1n) is 6.85. The van der Waals surface area contributed by atoms with Crippen LogP contribution in [0.2, 0.25) is 5.02 Å². The van der Waals surface area contributed by atoms with Gasteiger partial charge in [0.2, 0.25) is 5.91 Å². The van der Waals surface area contributed by atoms with Crippen LogP contribution in [-0.2, 0) is 4.79 Å². The largest absolute Gasteiger partial charge is 0.369 e. The van der Waals surface area contributed by atoms with E-state index >= 15 is 0 Å². The van der Waals surface area contributed by atoms with Gasteiger partial charge in [0.25, 0.3) is 0 Å². The van der Waals surface area contributed by atoms with Crippen molar-refractivity contribution >= 4 is 34.3 Å². The van der Waals surface area contributed by atoms with Crippen LogP contribution < -0.4 is 11.5 Å². The molecule has 1 aliphatic heterocycles. The third-order valence-corrected chi connectivity index (χ3v) is 5.06. The zero-order chi connectivity index (χ0) is 17.0. The normalized spacial score (nSPS) is 26.7. The second-order valence-corrected chi connectivity index (χ2v) is 6.50. The highest BCUT2D eigenvalue weighted by Gasteiger charge is 2.44. The maximum atomic E-state index is 11.0. The van der Waals surface area contributed by atoms with Crippen LogP contribution in [0.3, 0.4) is 0 Å². The lowest BCUT2D eigenvalue weighted by Gasteiger charge is -2.32. The number of carbonyl (C=O) groups excluding carboxylic acids is 1. The van der Waals surface area contributed by atoms with Crippen molar-refractivity contribution in [3.63, 3.8) is 0 Å². The number of thioether (sulfide) groups is 1. The second kappa shape index (κ2) is 7.47. The minimum atomic E-state index is -0.665. The number of quaternary nitrogens is 1. The molecule has 1 amide bonds. The zero-order valence-corrected chi connectivity index (χ0v) is 13.7. The Labute approximate surface area is 143 Å². The summed E-state index contributed by atoms with van der Waals surface area (Å²) < 4.78 is 0. The van der Waals surface area contributed by atoms with Crippen LogP contribution in [0.15, 0.2) is 29.3 Å². The van der Waals surface area contributed by atoms with Gasteiger partial charge in [-0.15, -0.1) is 0 Å². The number of rotatable bonds is 3. The maximum absolute atomic E-state index is 11.0. The maximum Gasteiger partial charge on any atom is 0.227 e. The van der Waals surface area contributed by atoms with Crippen LogP contribution in [0.1, 0.15) is 11.5 Å². The smallest absolute Gasteiger partial charge is 0.227 e. The number of benzene rings is 1. The number of carbonyl (C=O) groups is 1. The predicted molar refractivity (Wildman–Crippen MR) is 88.2 cm³/mol. The molecule has 0 radical (unpaired) electrons. The molecule has 0 saturated carbocycles. The number of halogens is 1. The molecule has 0 spiro atoms. The zero-order valence-electron chi connectivity index (χ0n) is 12.1. The summed E-state index contributed by atoms with van der Waals surface area (Å²) in [6.45, 7) is 0. The van der Waals surface area contributed by atoms with Gasteiger partial charge in [-0.1, -0.05) is 41.6 Å². The number of hydrogen-bond acceptors (Lipinski definition) is 5. The third-order valence-electron chi connectivity index (χ3n) is 3.63. The minimum absolute atomic E-state index is 0.0240. The Balaban J connectivity index is 2.48. The molecule has 6 nitrogen and oxygen atoms in total. The molecule has 5 N–H and O–H groups in total. The van der Waals surface area contributed by atoms with Crippen LogP contribution in [0.25, 0.3) is 0 Å². The Morgan fingerprint density at radius 2 is 2.09 bits per heavy atom. The summed E-state index contributed by atoms with van der Waals surface area (Å²) in [5, 5.41) is 20.1. The summed E-state index contributed by atoms with van der Waals surface area (Å²) in [6, 6.07) is 11.5. The van der Waals surface area contributed by atoms with Crippen molar-refractivity contribution in [1.29, 1.82) is 10.5 Å². The standard InChI is InChI=1S/C15H14ClN5OS/c16-11-4-2-1-3-8(11)13-9(5-17)14(20)21-15(10(13)6-18)23-7-12(19)22/h1-4,9-10,13-14H,7,20H2,(H2,19,22)/p+1/t9-,10?,13-,14-/m1/s1. The number of aliphatic imine (C=N–C) groups is 1. The molecule has 2 rings (SSSR count). The van der Waals surface area contributed by atoms with Gasteiger partial charge in [0.15, 0.2) is 6.17 Å². The summed E-state index contributed by atoms with van der Waals surface area (Å²) in [6.07, 6.45) is -0.541. The van der Waals surface area contributed by atoms with E-state index in [1.807, 2.05) is 6.07 Å². The van der Waals surface area contributed by atoms with Gasteiger partial charge in [0, 0.05) is 10.9 Å². The molecule has 1 aromatic rings. The van der Waals surface area contributed by atoms with Gasteiger partial charge in [-0.05, 0) is 11.6 Å². The first-order chi connectivity index (χ1) is 11.0. The van der Waals surface area contributed by atoms with Crippen LogP contribution in [-0.4, -0.2) is 22.9 Å². The lowest BCUT2D eigenvalue weighted by molar-refractivity contribution is -0.428. The highest BCUT2D eigenvalue weighted by atomic mass is 35.5. The first kappa shape index (κ1) is 17.3. The van der Waals surface area contributed by atoms with Crippen LogP contribution in [0.5, 0.6) is 0 Å². The highest BCUT2D eigenvalue weighted by molar-refractivity contribution is 8.14. The van der Waals surface area contributed by atoms with Crippen molar-refractivity contribution in [3.8, 4) is 12.1 Å². The lowest BCUT2D eigenvalue weighted by atomic mass is 9.75. The fraction of sp³-hybridized carbons (Fsp3) is 0.333. The molecule has 0 saturated heterocycles. The average molecular weight is 349 g/mol. The summed E-state index contributed by atoms with van der Waals surface area (Å²) in [7, 11) is 0. The molecule has 1 aromatic carbocycles. The van der Waals surface area contributed by atoms with Gasteiger partial charge in [-0.3, -0.25) is 4.79 Å². The van der Waals surface area contributed by atoms with Gasteiger partial charge in [-0.2, -0.15) is 10.5 Å². The molecule has 0 bridgehead atoms. The van der Waals surface area contributed by atoms with Crippen LogP contribution >= 0.6 is 23.4 Å². The van der Waals surface area contributed by atoms with E-state index in [-0.39, 0.29) is 5.75 Å². The molecule has 23 heavy (non-hydrogen) atoms. The van der Waals surface area contributed by atoms with Crippen molar-refractivity contribution in [3.05, 3.63) is 34.9 Å². The van der Waals surface area contributed by atoms with Gasteiger partial charge in [-0.25, -0.2) is 4.99 Å². The lowest BCUT2D eigenvalue weighted by Crippen LogP contribution is -2.66. The Bertz CT molecular complexity index is 723. The molecule has 118 valence electrons. The first-order valence-corrected chi connectivity index (χ1v) is 8.21. The van der Waals surface area contributed by atoms with E-state index in [2.05, 4.69) is 22.9 Å². The molecule has 1 unspecified atom stereocenters. The van der Waals surface area contributed by atoms with E-state index in [9.17, 15) is 15.3 Å². The Kier molecular flexibility index (Phi) is 5.62. The Hall–Kier alpha value is -2.06. The third kappa shape index (κ3) is 3.65. The van der Waals surface area contributed by atoms with Crippen molar-refractivity contribution in [2.24, 2.45) is 22.6 Å². The Morgan fingerprint density at radius 3 is 2.65 bits per heavy atom. The number of amides is 1. The van der Waals surface area contributed by atoms with Crippen LogP contribution in [0, 0.1) is 34.5 Å². The quantitative estimate of drug-likeness (QED) is 0.839. The topological polar surface area (TPSA) is 131 Å². The Morgan fingerprint density at radius 1 is 1.39 bits per heavy atom. The monoisotopic (exact) mass is 348 g/mol. The van der Waals surface area contributed by atoms with E-state index < -0.39 is 29.8 Å². The van der Waals surface area contributed by atoms with E-state index in [0.717, 1.165) is 11.8 Å². The highest BCUT2D eigenvalue weighted by Crippen LogP contribution is 2.42. The van der Waals surface area contributed by atoms with Gasteiger partial charge in [0.1, 0.15) is 11.8 Å². The molecule has 1 aliphatic rings. The summed E-state index contributed by atoms with van der Waals surface area (Å²) >= 11 is 7.38. The van der Waals surface area contributed by atoms with Gasteiger partial charge in [0.05, 0.1) is 22.9 Å². The fourth-order valence-corrected chi connectivity index (χ4v) is 3.76.